The van der Waals surface area contributed by atoms with Crippen LogP contribution < -0.4 is 0 Å². The fraction of sp³-hybridized carbons (Fsp3) is 0.800. The number of hydrogen-bond donors (Lipinski definition) is 0. The summed E-state index contributed by atoms with van der Waals surface area (Å²) in [5, 5.41) is 0. The van der Waals surface area contributed by atoms with Gasteiger partial charge in [0, 0.05) is 12.3 Å². The van der Waals surface area contributed by atoms with Crippen molar-refractivity contribution in [2.75, 3.05) is 0 Å². The van der Waals surface area contributed by atoms with Crippen LogP contribution in [0.1, 0.15) is 60.8 Å². The average molecular weight is 222 g/mol. The molecule has 1 atom stereocenters. The molecule has 0 aliphatic heterocycles. The van der Waals surface area contributed by atoms with E-state index in [1.165, 1.54) is 5.57 Å². The van der Waals surface area contributed by atoms with E-state index in [0.717, 1.165) is 12.8 Å². The van der Waals surface area contributed by atoms with Gasteiger partial charge in [0.2, 0.25) is 0 Å². The quantitative estimate of drug-likeness (QED) is 0.634. The summed E-state index contributed by atoms with van der Waals surface area (Å²) in [4.78, 5) is 12.4. The van der Waals surface area contributed by atoms with Gasteiger partial charge < -0.3 is 0 Å². The second-order valence-electron chi connectivity index (χ2n) is 7.11. The highest BCUT2D eigenvalue weighted by molar-refractivity contribution is 5.85. The van der Waals surface area contributed by atoms with E-state index >= 15 is 0 Å². The molecule has 92 valence electrons. The summed E-state index contributed by atoms with van der Waals surface area (Å²) in [6.07, 6.45) is 5.19. The van der Waals surface area contributed by atoms with Gasteiger partial charge in [-0.05, 0) is 30.6 Å². The van der Waals surface area contributed by atoms with Gasteiger partial charge in [0.05, 0.1) is 0 Å². The Morgan fingerprint density at radius 2 is 2.00 bits per heavy atom. The van der Waals surface area contributed by atoms with Crippen molar-refractivity contribution in [2.45, 2.75) is 60.8 Å². The van der Waals surface area contributed by atoms with Crippen molar-refractivity contribution in [3.63, 3.8) is 0 Å². The van der Waals surface area contributed by atoms with Crippen LogP contribution in [0.15, 0.2) is 11.6 Å². The van der Waals surface area contributed by atoms with Crippen molar-refractivity contribution >= 4 is 5.78 Å². The van der Waals surface area contributed by atoms with Crippen LogP contribution in [0.4, 0.5) is 0 Å². The molecule has 0 N–H and O–H groups in total. The molecule has 1 heteroatoms. The summed E-state index contributed by atoms with van der Waals surface area (Å²) >= 11 is 0. The maximum Gasteiger partial charge on any atom is 0.141 e. The SMILES string of the molecule is CC1=CCCC(C)(C)C1C(=O)CC(C)(C)C. The van der Waals surface area contributed by atoms with Crippen LogP contribution >= 0.6 is 0 Å². The first kappa shape index (κ1) is 13.5. The minimum absolute atomic E-state index is 0.102. The van der Waals surface area contributed by atoms with Gasteiger partial charge >= 0.3 is 0 Å². The predicted octanol–water partition coefficient (Wildman–Crippen LogP) is 4.37. The number of ketones is 1. The molecule has 0 saturated heterocycles. The van der Waals surface area contributed by atoms with E-state index in [0.29, 0.717) is 12.2 Å². The molecule has 1 rings (SSSR count). The third-order valence-electron chi connectivity index (χ3n) is 3.52. The second-order valence-corrected chi connectivity index (χ2v) is 7.11. The van der Waals surface area contributed by atoms with E-state index in [1.807, 2.05) is 0 Å². The number of allylic oxidation sites excluding steroid dienone is 2. The average Bonchev–Trinajstić information content (AvgIpc) is 1.97. The van der Waals surface area contributed by atoms with Gasteiger partial charge in [-0.2, -0.15) is 0 Å². The first-order valence-electron chi connectivity index (χ1n) is 6.33. The first-order valence-corrected chi connectivity index (χ1v) is 6.33. The lowest BCUT2D eigenvalue weighted by Crippen LogP contribution is -2.35. The Balaban J connectivity index is 2.88. The molecule has 1 aliphatic carbocycles. The fourth-order valence-corrected chi connectivity index (χ4v) is 2.86. The van der Waals surface area contributed by atoms with Crippen LogP contribution in [-0.2, 0) is 4.79 Å². The highest BCUT2D eigenvalue weighted by Crippen LogP contribution is 2.42. The third kappa shape index (κ3) is 3.20. The molecule has 16 heavy (non-hydrogen) atoms. The monoisotopic (exact) mass is 222 g/mol. The van der Waals surface area contributed by atoms with Crippen LogP contribution in [0.5, 0.6) is 0 Å². The summed E-state index contributed by atoms with van der Waals surface area (Å²) in [5.74, 6) is 0.562. The van der Waals surface area contributed by atoms with Gasteiger partial charge in [0.25, 0.3) is 0 Å². The van der Waals surface area contributed by atoms with Crippen LogP contribution in [0.25, 0.3) is 0 Å². The molecule has 0 heterocycles. The Morgan fingerprint density at radius 3 is 2.44 bits per heavy atom. The van der Waals surface area contributed by atoms with Crippen molar-refractivity contribution in [3.8, 4) is 0 Å². The smallest absolute Gasteiger partial charge is 0.141 e. The van der Waals surface area contributed by atoms with Crippen molar-refractivity contribution in [1.82, 2.24) is 0 Å². The summed E-state index contributed by atoms with van der Waals surface area (Å²) in [7, 11) is 0. The van der Waals surface area contributed by atoms with Crippen molar-refractivity contribution in [1.29, 1.82) is 0 Å². The van der Waals surface area contributed by atoms with Gasteiger partial charge in [-0.15, -0.1) is 0 Å². The van der Waals surface area contributed by atoms with Crippen molar-refractivity contribution < 1.29 is 4.79 Å². The minimum Gasteiger partial charge on any atom is -0.299 e. The Labute approximate surface area is 100 Å². The van der Waals surface area contributed by atoms with Crippen LogP contribution in [0.3, 0.4) is 0 Å². The molecule has 0 radical (unpaired) electrons. The number of carbonyl (C=O) groups is 1. The Bertz CT molecular complexity index is 302. The van der Waals surface area contributed by atoms with E-state index in [1.54, 1.807) is 0 Å². The van der Waals surface area contributed by atoms with Crippen LogP contribution in [0, 0.1) is 16.7 Å². The van der Waals surface area contributed by atoms with Crippen molar-refractivity contribution in [2.24, 2.45) is 16.7 Å². The molecule has 1 aliphatic rings. The number of Topliss-reactive ketones (excluding diaryl/α,β-unsaturated/α-hetero) is 1. The molecule has 0 aromatic heterocycles. The zero-order valence-corrected chi connectivity index (χ0v) is 11.7. The number of rotatable bonds is 2. The highest BCUT2D eigenvalue weighted by Gasteiger charge is 2.38. The lowest BCUT2D eigenvalue weighted by molar-refractivity contribution is -0.127. The van der Waals surface area contributed by atoms with E-state index in [4.69, 9.17) is 0 Å². The largest absolute Gasteiger partial charge is 0.299 e. The molecule has 0 spiro atoms. The molecule has 0 aromatic carbocycles. The van der Waals surface area contributed by atoms with Crippen LogP contribution in [0.2, 0.25) is 0 Å². The zero-order chi connectivity index (χ0) is 12.6. The molecular formula is C15H26O. The fourth-order valence-electron chi connectivity index (χ4n) is 2.86. The Hall–Kier alpha value is -0.590. The lowest BCUT2D eigenvalue weighted by atomic mass is 9.65. The van der Waals surface area contributed by atoms with Gasteiger partial charge in [0.15, 0.2) is 0 Å². The molecular weight excluding hydrogens is 196 g/mol. The van der Waals surface area contributed by atoms with Gasteiger partial charge in [-0.1, -0.05) is 46.3 Å². The first-order chi connectivity index (χ1) is 7.13. The summed E-state index contributed by atoms with van der Waals surface area (Å²) in [6, 6.07) is 0. The number of carbonyl (C=O) groups excluding carboxylic acids is 1. The molecule has 0 aromatic rings. The molecule has 0 fully saturated rings. The second kappa shape index (κ2) is 4.35. The normalized spacial score (nSPS) is 25.1. The highest BCUT2D eigenvalue weighted by atomic mass is 16.1. The maximum absolute atomic E-state index is 12.4. The van der Waals surface area contributed by atoms with Gasteiger partial charge in [0.1, 0.15) is 5.78 Å². The van der Waals surface area contributed by atoms with Crippen molar-refractivity contribution in [3.05, 3.63) is 11.6 Å². The molecule has 0 bridgehead atoms. The van der Waals surface area contributed by atoms with E-state index < -0.39 is 0 Å². The summed E-state index contributed by atoms with van der Waals surface area (Å²) < 4.78 is 0. The van der Waals surface area contributed by atoms with Gasteiger partial charge in [-0.3, -0.25) is 4.79 Å². The van der Waals surface area contributed by atoms with E-state index in [9.17, 15) is 4.79 Å². The molecule has 1 unspecified atom stereocenters. The summed E-state index contributed by atoms with van der Waals surface area (Å²) in [6.45, 7) is 13.0. The zero-order valence-electron chi connectivity index (χ0n) is 11.7. The standard InChI is InChI=1S/C15H26O/c1-11-8-7-9-15(5,6)13(11)12(16)10-14(2,3)4/h8,13H,7,9-10H2,1-6H3. The molecule has 1 nitrogen and oxygen atoms in total. The summed E-state index contributed by atoms with van der Waals surface area (Å²) in [5.41, 5.74) is 1.52. The molecule has 0 saturated carbocycles. The Morgan fingerprint density at radius 1 is 1.44 bits per heavy atom. The Kier molecular flexibility index (Phi) is 3.66. The van der Waals surface area contributed by atoms with E-state index in [-0.39, 0.29) is 16.7 Å². The number of hydrogen-bond acceptors (Lipinski definition) is 1. The van der Waals surface area contributed by atoms with Crippen LogP contribution in [-0.4, -0.2) is 5.78 Å². The minimum atomic E-state index is 0.102. The molecule has 0 amide bonds. The topological polar surface area (TPSA) is 17.1 Å². The predicted molar refractivity (Wildman–Crippen MR) is 69.3 cm³/mol. The third-order valence-corrected chi connectivity index (χ3v) is 3.52. The van der Waals surface area contributed by atoms with E-state index in [2.05, 4.69) is 47.6 Å². The van der Waals surface area contributed by atoms with Gasteiger partial charge in [-0.25, -0.2) is 0 Å². The lowest BCUT2D eigenvalue weighted by Gasteiger charge is -2.38. The maximum atomic E-state index is 12.4.